The highest BCUT2D eigenvalue weighted by Crippen LogP contribution is 2.38. The quantitative estimate of drug-likeness (QED) is 0.849. The number of ether oxygens (including phenoxy) is 1. The minimum Gasteiger partial charge on any atom is -0.481 e. The molecule has 2 aromatic heterocycles. The van der Waals surface area contributed by atoms with Crippen molar-refractivity contribution in [3.8, 4) is 5.88 Å². The van der Waals surface area contributed by atoms with Gasteiger partial charge in [-0.1, -0.05) is 6.07 Å². The predicted octanol–water partition coefficient (Wildman–Crippen LogP) is 2.41. The molecule has 1 fully saturated rings. The summed E-state index contributed by atoms with van der Waals surface area (Å²) >= 11 is 0. The van der Waals surface area contributed by atoms with Crippen LogP contribution >= 0.6 is 0 Å². The third kappa shape index (κ3) is 3.39. The van der Waals surface area contributed by atoms with E-state index in [1.807, 2.05) is 25.2 Å². The third-order valence-corrected chi connectivity index (χ3v) is 3.42. The summed E-state index contributed by atoms with van der Waals surface area (Å²) in [5, 5.41) is 6.41. The highest BCUT2D eigenvalue weighted by molar-refractivity contribution is 5.48. The molecule has 0 amide bonds. The van der Waals surface area contributed by atoms with Gasteiger partial charge in [0.15, 0.2) is 0 Å². The maximum atomic E-state index is 5.05. The molecule has 0 spiro atoms. The molecular weight excluding hydrogens is 266 g/mol. The Morgan fingerprint density at radius 2 is 2.05 bits per heavy atom. The van der Waals surface area contributed by atoms with Gasteiger partial charge in [-0.2, -0.15) is 0 Å². The lowest BCUT2D eigenvalue weighted by molar-refractivity contribution is 0.397. The van der Waals surface area contributed by atoms with Crippen molar-refractivity contribution in [2.24, 2.45) is 0 Å². The molecule has 2 heterocycles. The van der Waals surface area contributed by atoms with Gasteiger partial charge in [-0.15, -0.1) is 0 Å². The monoisotopic (exact) mass is 285 g/mol. The molecule has 2 aromatic rings. The number of hydrogen-bond donors (Lipinski definition) is 2. The van der Waals surface area contributed by atoms with Crippen LogP contribution in [0.1, 0.15) is 30.1 Å². The first kappa shape index (κ1) is 13.6. The Labute approximate surface area is 124 Å². The Balaban J connectivity index is 1.69. The van der Waals surface area contributed by atoms with Crippen molar-refractivity contribution in [2.75, 3.05) is 24.8 Å². The van der Waals surface area contributed by atoms with Crippen molar-refractivity contribution in [3.05, 3.63) is 35.8 Å². The summed E-state index contributed by atoms with van der Waals surface area (Å²) in [5.74, 6) is 3.77. The molecule has 0 radical (unpaired) electrons. The lowest BCUT2D eigenvalue weighted by Crippen LogP contribution is -2.06. The molecule has 21 heavy (non-hydrogen) atoms. The fourth-order valence-corrected chi connectivity index (χ4v) is 2.04. The van der Waals surface area contributed by atoms with Crippen LogP contribution in [0.25, 0.3) is 0 Å². The second-order valence-electron chi connectivity index (χ2n) is 5.08. The van der Waals surface area contributed by atoms with Crippen molar-refractivity contribution in [1.82, 2.24) is 15.0 Å². The molecule has 1 aliphatic carbocycles. The Kier molecular flexibility index (Phi) is 3.85. The molecule has 0 aliphatic heterocycles. The maximum absolute atomic E-state index is 5.05. The van der Waals surface area contributed by atoms with Crippen molar-refractivity contribution in [3.63, 3.8) is 0 Å². The van der Waals surface area contributed by atoms with Crippen molar-refractivity contribution >= 4 is 11.6 Å². The van der Waals surface area contributed by atoms with Crippen molar-refractivity contribution in [1.29, 1.82) is 0 Å². The molecule has 1 saturated carbocycles. The smallest absolute Gasteiger partial charge is 0.212 e. The molecule has 0 saturated heterocycles. The number of hydrogen-bond acceptors (Lipinski definition) is 6. The van der Waals surface area contributed by atoms with Crippen LogP contribution in [-0.2, 0) is 6.54 Å². The Morgan fingerprint density at radius 1 is 1.24 bits per heavy atom. The number of methoxy groups -OCH3 is 1. The normalized spacial score (nSPS) is 13.8. The summed E-state index contributed by atoms with van der Waals surface area (Å²) in [7, 11) is 3.48. The molecule has 0 unspecified atom stereocenters. The van der Waals surface area contributed by atoms with Crippen LogP contribution in [0.15, 0.2) is 24.4 Å². The topological polar surface area (TPSA) is 72.0 Å². The minimum absolute atomic E-state index is 0.529. The van der Waals surface area contributed by atoms with Gasteiger partial charge < -0.3 is 15.4 Å². The van der Waals surface area contributed by atoms with E-state index in [1.165, 1.54) is 12.8 Å². The van der Waals surface area contributed by atoms with Crippen LogP contribution in [0.4, 0.5) is 11.6 Å². The molecule has 110 valence electrons. The van der Waals surface area contributed by atoms with Crippen molar-refractivity contribution < 1.29 is 4.74 Å². The summed E-state index contributed by atoms with van der Waals surface area (Å²) in [6.07, 6.45) is 4.18. The fourth-order valence-electron chi connectivity index (χ4n) is 2.04. The molecule has 0 atom stereocenters. The van der Waals surface area contributed by atoms with Crippen LogP contribution in [0.2, 0.25) is 0 Å². The lowest BCUT2D eigenvalue weighted by Gasteiger charge is -2.09. The minimum atomic E-state index is 0.529. The highest BCUT2D eigenvalue weighted by atomic mass is 16.5. The standard InChI is InChI=1S/C15H19N5O/c1-16-12-7-13(20-15(19-12)11-4-5-11)17-8-10-3-6-14(21-2)18-9-10/h3,6-7,9,11H,4-5,8H2,1-2H3,(H2,16,17,19,20). The zero-order chi connectivity index (χ0) is 14.7. The van der Waals surface area contributed by atoms with Gasteiger partial charge in [-0.05, 0) is 18.4 Å². The highest BCUT2D eigenvalue weighted by Gasteiger charge is 2.27. The van der Waals surface area contributed by atoms with E-state index < -0.39 is 0 Å². The Morgan fingerprint density at radius 3 is 2.67 bits per heavy atom. The van der Waals surface area contributed by atoms with E-state index in [2.05, 4.69) is 25.6 Å². The Bertz CT molecular complexity index is 610. The second-order valence-corrected chi connectivity index (χ2v) is 5.08. The number of pyridine rings is 1. The molecular formula is C15H19N5O. The third-order valence-electron chi connectivity index (χ3n) is 3.42. The molecule has 6 heteroatoms. The SMILES string of the molecule is CNc1cc(NCc2ccc(OC)nc2)nc(C2CC2)n1. The van der Waals surface area contributed by atoms with Gasteiger partial charge in [0.2, 0.25) is 5.88 Å². The van der Waals surface area contributed by atoms with Crippen LogP contribution < -0.4 is 15.4 Å². The van der Waals surface area contributed by atoms with E-state index in [0.717, 1.165) is 23.0 Å². The average molecular weight is 285 g/mol. The largest absolute Gasteiger partial charge is 0.481 e. The van der Waals surface area contributed by atoms with E-state index in [9.17, 15) is 0 Å². The first-order valence-electron chi connectivity index (χ1n) is 7.08. The summed E-state index contributed by atoms with van der Waals surface area (Å²) in [5.41, 5.74) is 1.08. The van der Waals surface area contributed by atoms with E-state index in [1.54, 1.807) is 13.3 Å². The van der Waals surface area contributed by atoms with Crippen LogP contribution in [0.3, 0.4) is 0 Å². The predicted molar refractivity (Wildman–Crippen MR) is 81.7 cm³/mol. The number of nitrogens with one attached hydrogen (secondary N) is 2. The first-order chi connectivity index (χ1) is 10.3. The van der Waals surface area contributed by atoms with Gasteiger partial charge >= 0.3 is 0 Å². The van der Waals surface area contributed by atoms with E-state index in [0.29, 0.717) is 18.3 Å². The summed E-state index contributed by atoms with van der Waals surface area (Å²) in [6, 6.07) is 5.76. The fraction of sp³-hybridized carbons (Fsp3) is 0.400. The average Bonchev–Trinajstić information content (AvgIpc) is 3.38. The Hall–Kier alpha value is -2.37. The molecule has 0 aromatic carbocycles. The number of nitrogens with zero attached hydrogens (tertiary/aromatic N) is 3. The number of anilines is 2. The van der Waals surface area contributed by atoms with Crippen LogP contribution in [0, 0.1) is 0 Å². The van der Waals surface area contributed by atoms with Gasteiger partial charge in [-0.25, -0.2) is 15.0 Å². The van der Waals surface area contributed by atoms with Gasteiger partial charge in [0.1, 0.15) is 17.5 Å². The van der Waals surface area contributed by atoms with Crippen LogP contribution in [0.5, 0.6) is 5.88 Å². The lowest BCUT2D eigenvalue weighted by atomic mass is 10.3. The molecule has 2 N–H and O–H groups in total. The van der Waals surface area contributed by atoms with Gasteiger partial charge in [0.25, 0.3) is 0 Å². The first-order valence-corrected chi connectivity index (χ1v) is 7.08. The van der Waals surface area contributed by atoms with Crippen LogP contribution in [-0.4, -0.2) is 29.1 Å². The zero-order valence-corrected chi connectivity index (χ0v) is 12.3. The van der Waals surface area contributed by atoms with E-state index >= 15 is 0 Å². The molecule has 0 bridgehead atoms. The number of aromatic nitrogens is 3. The second kappa shape index (κ2) is 5.95. The van der Waals surface area contributed by atoms with Crippen molar-refractivity contribution in [2.45, 2.75) is 25.3 Å². The van der Waals surface area contributed by atoms with Gasteiger partial charge in [0.05, 0.1) is 7.11 Å². The molecule has 1 aliphatic rings. The number of rotatable bonds is 6. The van der Waals surface area contributed by atoms with E-state index in [4.69, 9.17) is 4.74 Å². The summed E-state index contributed by atoms with van der Waals surface area (Å²) in [6.45, 7) is 0.668. The molecule has 6 nitrogen and oxygen atoms in total. The van der Waals surface area contributed by atoms with Gasteiger partial charge in [-0.3, -0.25) is 0 Å². The maximum Gasteiger partial charge on any atom is 0.212 e. The zero-order valence-electron chi connectivity index (χ0n) is 12.3. The summed E-state index contributed by atoms with van der Waals surface area (Å²) in [4.78, 5) is 13.3. The van der Waals surface area contributed by atoms with E-state index in [-0.39, 0.29) is 0 Å². The summed E-state index contributed by atoms with van der Waals surface area (Å²) < 4.78 is 5.05. The van der Waals surface area contributed by atoms with Gasteiger partial charge in [0, 0.05) is 37.8 Å². The molecule has 3 rings (SSSR count).